The van der Waals surface area contributed by atoms with Crippen LogP contribution in [0, 0.1) is 0 Å². The molecule has 0 aliphatic carbocycles. The third-order valence-corrected chi connectivity index (χ3v) is 8.25. The summed E-state index contributed by atoms with van der Waals surface area (Å²) in [5, 5.41) is 6.97. The van der Waals surface area contributed by atoms with E-state index >= 15 is 0 Å². The van der Waals surface area contributed by atoms with Crippen LogP contribution in [0.4, 0.5) is 0 Å². The first-order valence-corrected chi connectivity index (χ1v) is 17.8. The van der Waals surface area contributed by atoms with Gasteiger partial charge in [-0.3, -0.25) is 20.2 Å². The van der Waals surface area contributed by atoms with Crippen LogP contribution < -0.4 is 10.6 Å². The summed E-state index contributed by atoms with van der Waals surface area (Å²) in [7, 11) is 0. The maximum absolute atomic E-state index is 13.4. The molecule has 2 amide bonds. The molecule has 0 radical (unpaired) electrons. The van der Waals surface area contributed by atoms with Crippen LogP contribution >= 0.6 is 0 Å². The van der Waals surface area contributed by atoms with Gasteiger partial charge in [0.2, 0.25) is 0 Å². The summed E-state index contributed by atoms with van der Waals surface area (Å²) in [5.41, 5.74) is 3.51. The molecule has 0 atom stereocenters. The molecule has 0 aromatic heterocycles. The van der Waals surface area contributed by atoms with Crippen molar-refractivity contribution >= 4 is 11.8 Å². The lowest BCUT2D eigenvalue weighted by atomic mass is 10.0. The minimum absolute atomic E-state index is 0.0752. The minimum Gasteiger partial charge on any atom is -0.326 e. The maximum atomic E-state index is 13.4. The van der Waals surface area contributed by atoms with E-state index in [0.717, 1.165) is 75.8 Å². The van der Waals surface area contributed by atoms with E-state index in [1.54, 1.807) is 0 Å². The highest BCUT2D eigenvalue weighted by molar-refractivity contribution is 5.95. The summed E-state index contributed by atoms with van der Waals surface area (Å²) >= 11 is 0. The molecule has 0 aliphatic rings. The molecule has 2 aromatic rings. The van der Waals surface area contributed by atoms with Gasteiger partial charge in [-0.05, 0) is 74.2 Å². The molecule has 6 heteroatoms. The Morgan fingerprint density at radius 3 is 1.16 bits per heavy atom. The number of carbonyl (C=O) groups excluding carboxylic acids is 2. The van der Waals surface area contributed by atoms with Crippen molar-refractivity contribution in [2.45, 2.75) is 118 Å². The molecule has 0 fully saturated rings. The summed E-state index contributed by atoms with van der Waals surface area (Å²) in [6, 6.07) is 15.8. The molecule has 44 heavy (non-hydrogen) atoms. The normalized spacial score (nSPS) is 11.1. The van der Waals surface area contributed by atoms with Crippen LogP contribution in [0.3, 0.4) is 0 Å². The fraction of sp³-hybridized carbons (Fsp3) is 0.632. The van der Waals surface area contributed by atoms with Crippen molar-refractivity contribution in [2.24, 2.45) is 0 Å². The number of unbranched alkanes of at least 4 members (excludes halogenated alkanes) is 10. The van der Waals surface area contributed by atoms with Crippen molar-refractivity contribution in [1.29, 1.82) is 0 Å². The summed E-state index contributed by atoms with van der Waals surface area (Å²) < 4.78 is 0. The zero-order valence-corrected chi connectivity index (χ0v) is 28.5. The topological polar surface area (TPSA) is 64.7 Å². The highest BCUT2D eigenvalue weighted by atomic mass is 16.2. The lowest BCUT2D eigenvalue weighted by Crippen LogP contribution is -2.40. The van der Waals surface area contributed by atoms with Crippen LogP contribution in [0.1, 0.15) is 138 Å². The monoisotopic (exact) mass is 606 g/mol. The lowest BCUT2D eigenvalue weighted by Gasteiger charge is -2.23. The molecule has 0 spiro atoms. The minimum atomic E-state index is 0.0752. The second kappa shape index (κ2) is 23.7. The standard InChI is InChI=1S/C38H62N4O2/c1-5-9-13-15-17-27-39-31-41(29-11-7-3)37(43)35-23-19-33(20-24-35)34-21-25-36(26-22-34)38(44)42(30-12-8-4)32-40-28-18-16-14-10-6-2/h19-26,39-40H,5-18,27-32H2,1-4H3. The van der Waals surface area contributed by atoms with Crippen molar-refractivity contribution in [3.63, 3.8) is 0 Å². The summed E-state index contributed by atoms with van der Waals surface area (Å²) in [4.78, 5) is 30.6. The first-order chi connectivity index (χ1) is 21.5. The number of nitrogens with one attached hydrogen (secondary N) is 2. The molecule has 2 N–H and O–H groups in total. The summed E-state index contributed by atoms with van der Waals surface area (Å²) in [6.45, 7) is 13.4. The van der Waals surface area contributed by atoms with Crippen molar-refractivity contribution in [3.05, 3.63) is 59.7 Å². The number of carbonyl (C=O) groups is 2. The molecule has 0 bridgehead atoms. The van der Waals surface area contributed by atoms with E-state index in [1.165, 1.54) is 51.4 Å². The van der Waals surface area contributed by atoms with Gasteiger partial charge in [-0.15, -0.1) is 0 Å². The quantitative estimate of drug-likeness (QED) is 0.0875. The van der Waals surface area contributed by atoms with E-state index < -0.39 is 0 Å². The number of rotatable bonds is 25. The van der Waals surface area contributed by atoms with Gasteiger partial charge in [-0.1, -0.05) is 116 Å². The van der Waals surface area contributed by atoms with Gasteiger partial charge in [0.25, 0.3) is 11.8 Å². The van der Waals surface area contributed by atoms with Crippen LogP contribution in [-0.4, -0.2) is 61.1 Å². The van der Waals surface area contributed by atoms with E-state index in [9.17, 15) is 9.59 Å². The van der Waals surface area contributed by atoms with Crippen LogP contribution in [-0.2, 0) is 0 Å². The molecule has 0 saturated carbocycles. The molecule has 0 unspecified atom stereocenters. The molecular weight excluding hydrogens is 544 g/mol. The van der Waals surface area contributed by atoms with Crippen molar-refractivity contribution in [3.8, 4) is 11.1 Å². The Kier molecular flexibility index (Phi) is 20.2. The van der Waals surface area contributed by atoms with Crippen LogP contribution in [0.25, 0.3) is 11.1 Å². The Balaban J connectivity index is 1.96. The Labute approximate surface area is 269 Å². The Hall–Kier alpha value is -2.70. The molecule has 2 aromatic carbocycles. The highest BCUT2D eigenvalue weighted by Crippen LogP contribution is 2.22. The van der Waals surface area contributed by atoms with Crippen molar-refractivity contribution < 1.29 is 9.59 Å². The Bertz CT molecular complexity index is 939. The van der Waals surface area contributed by atoms with Crippen LogP contribution in [0.15, 0.2) is 48.5 Å². The van der Waals surface area contributed by atoms with Gasteiger partial charge >= 0.3 is 0 Å². The molecule has 0 aliphatic heterocycles. The molecule has 0 saturated heterocycles. The zero-order valence-electron chi connectivity index (χ0n) is 28.5. The molecule has 6 nitrogen and oxygen atoms in total. The molecule has 246 valence electrons. The van der Waals surface area contributed by atoms with Crippen molar-refractivity contribution in [1.82, 2.24) is 20.4 Å². The van der Waals surface area contributed by atoms with Crippen LogP contribution in [0.5, 0.6) is 0 Å². The predicted octanol–water partition coefficient (Wildman–Crippen LogP) is 8.87. The second-order valence-corrected chi connectivity index (χ2v) is 12.1. The van der Waals surface area contributed by atoms with E-state index in [4.69, 9.17) is 0 Å². The molecular formula is C38H62N4O2. The molecule has 0 heterocycles. The van der Waals surface area contributed by atoms with Crippen molar-refractivity contribution in [2.75, 3.05) is 39.5 Å². The van der Waals surface area contributed by atoms with Gasteiger partial charge in [-0.25, -0.2) is 0 Å². The van der Waals surface area contributed by atoms with Gasteiger partial charge in [0, 0.05) is 24.2 Å². The third kappa shape index (κ3) is 14.4. The number of hydrogen-bond acceptors (Lipinski definition) is 4. The van der Waals surface area contributed by atoms with E-state index in [2.05, 4.69) is 38.3 Å². The number of amides is 2. The van der Waals surface area contributed by atoms with Gasteiger partial charge in [-0.2, -0.15) is 0 Å². The van der Waals surface area contributed by atoms with Gasteiger partial charge in [0.1, 0.15) is 0 Å². The summed E-state index contributed by atoms with van der Waals surface area (Å²) in [6.07, 6.45) is 16.6. The first-order valence-electron chi connectivity index (χ1n) is 17.8. The third-order valence-electron chi connectivity index (χ3n) is 8.25. The van der Waals surface area contributed by atoms with Gasteiger partial charge in [0.05, 0.1) is 13.3 Å². The zero-order chi connectivity index (χ0) is 31.8. The number of nitrogens with zero attached hydrogens (tertiary/aromatic N) is 2. The Morgan fingerprint density at radius 1 is 0.477 bits per heavy atom. The smallest absolute Gasteiger partial charge is 0.254 e. The average Bonchev–Trinajstić information content (AvgIpc) is 3.06. The van der Waals surface area contributed by atoms with Crippen LogP contribution in [0.2, 0.25) is 0 Å². The highest BCUT2D eigenvalue weighted by Gasteiger charge is 2.17. The van der Waals surface area contributed by atoms with E-state index in [-0.39, 0.29) is 11.8 Å². The average molecular weight is 607 g/mol. The van der Waals surface area contributed by atoms with Gasteiger partial charge in [0.15, 0.2) is 0 Å². The van der Waals surface area contributed by atoms with Gasteiger partial charge < -0.3 is 9.80 Å². The number of hydrogen-bond donors (Lipinski definition) is 2. The largest absolute Gasteiger partial charge is 0.326 e. The fourth-order valence-corrected chi connectivity index (χ4v) is 5.31. The SMILES string of the molecule is CCCCCCCNCN(CCCC)C(=O)c1ccc(-c2ccc(C(=O)N(CCCC)CNCCCCCCC)cc2)cc1. The number of benzene rings is 2. The fourth-order valence-electron chi connectivity index (χ4n) is 5.31. The summed E-state index contributed by atoms with van der Waals surface area (Å²) in [5.74, 6) is 0.150. The van der Waals surface area contributed by atoms with E-state index in [0.29, 0.717) is 24.5 Å². The lowest BCUT2D eigenvalue weighted by molar-refractivity contribution is 0.0732. The molecule has 2 rings (SSSR count). The first kappa shape index (κ1) is 37.5. The van der Waals surface area contributed by atoms with E-state index in [1.807, 2.05) is 58.3 Å². The Morgan fingerprint density at radius 2 is 0.818 bits per heavy atom. The maximum Gasteiger partial charge on any atom is 0.254 e. The predicted molar refractivity (Wildman–Crippen MR) is 187 cm³/mol. The second-order valence-electron chi connectivity index (χ2n) is 12.1.